The molecule has 0 spiro atoms. The van der Waals surface area contributed by atoms with E-state index >= 15 is 0 Å². The molecule has 6 unspecified atom stereocenters. The molecule has 5 aromatic carbocycles. The number of nitrogens with zero attached hydrogens (tertiary/aromatic N) is 1. The smallest absolute Gasteiger partial charge is 0.0465 e. The maximum absolute atomic E-state index is 2.53. The number of hydrogen-bond acceptors (Lipinski definition) is 2. The van der Waals surface area contributed by atoms with Crippen LogP contribution in [0.5, 0.6) is 0 Å². The molecular weight excluding hydrogens is 611 g/mol. The molecule has 6 aromatic rings. The van der Waals surface area contributed by atoms with Gasteiger partial charge in [0, 0.05) is 42.6 Å². The molecule has 6 atom stereocenters. The molecule has 244 valence electrons. The van der Waals surface area contributed by atoms with Crippen LogP contribution >= 0.6 is 11.3 Å². The van der Waals surface area contributed by atoms with Crippen molar-refractivity contribution < 1.29 is 0 Å². The second-order valence-electron chi connectivity index (χ2n) is 16.9. The van der Waals surface area contributed by atoms with Crippen molar-refractivity contribution >= 4 is 48.6 Å². The minimum absolute atomic E-state index is 0.0932. The van der Waals surface area contributed by atoms with Crippen LogP contribution in [-0.4, -0.2) is 0 Å². The highest BCUT2D eigenvalue weighted by Crippen LogP contribution is 2.57. The average Bonchev–Trinajstić information content (AvgIpc) is 4.00. The van der Waals surface area contributed by atoms with Crippen LogP contribution in [0.3, 0.4) is 0 Å². The lowest BCUT2D eigenvalue weighted by Gasteiger charge is -2.29. The Hall–Kier alpha value is -3.88. The van der Waals surface area contributed by atoms with Gasteiger partial charge in [-0.25, -0.2) is 0 Å². The number of rotatable bonds is 5. The Morgan fingerprint density at radius 1 is 0.571 bits per heavy atom. The summed E-state index contributed by atoms with van der Waals surface area (Å²) >= 11 is 1.97. The average molecular weight is 656 g/mol. The van der Waals surface area contributed by atoms with E-state index in [4.69, 9.17) is 0 Å². The van der Waals surface area contributed by atoms with Gasteiger partial charge in [-0.2, -0.15) is 0 Å². The summed E-state index contributed by atoms with van der Waals surface area (Å²) in [4.78, 5) is 2.53. The SMILES string of the molecule is CC1(C)c2cc(N(c3ccc(C4CC5CCC4C5)cc3)c3ccc(C4CC5CCC4C5)cc3)ccc2-c2ccc3c(sc4ccccc43)c21. The summed E-state index contributed by atoms with van der Waals surface area (Å²) in [5, 5.41) is 2.78. The maximum Gasteiger partial charge on any atom is 0.0465 e. The molecule has 4 fully saturated rings. The van der Waals surface area contributed by atoms with Crippen molar-refractivity contribution in [2.45, 2.75) is 82.5 Å². The molecule has 49 heavy (non-hydrogen) atoms. The van der Waals surface area contributed by atoms with Gasteiger partial charge in [-0.3, -0.25) is 0 Å². The first-order valence-electron chi connectivity index (χ1n) is 19.1. The zero-order chi connectivity index (χ0) is 32.4. The van der Waals surface area contributed by atoms with E-state index in [1.54, 1.807) is 11.1 Å². The monoisotopic (exact) mass is 655 g/mol. The van der Waals surface area contributed by atoms with Gasteiger partial charge in [0.15, 0.2) is 0 Å². The molecule has 5 aliphatic rings. The molecule has 1 nitrogen and oxygen atoms in total. The van der Waals surface area contributed by atoms with Crippen LogP contribution in [0.1, 0.15) is 99.3 Å². The lowest BCUT2D eigenvalue weighted by Crippen LogP contribution is -2.17. The standard InChI is InChI=1S/C47H45NS/c1-47(2)43-27-36(19-20-37(43)39-21-22-40-38-5-3-4-6-44(38)49-46(40)45(39)47)48(34-15-11-30(12-16-34)41-25-28-7-9-32(41)23-28)35-17-13-31(14-18-35)42-26-29-8-10-33(42)24-29/h3-6,11-22,27-29,32-33,41-42H,7-10,23-26H2,1-2H3. The van der Waals surface area contributed by atoms with Crippen LogP contribution in [0.25, 0.3) is 31.3 Å². The highest BCUT2D eigenvalue weighted by Gasteiger charge is 2.42. The van der Waals surface area contributed by atoms with Gasteiger partial charge in [-0.15, -0.1) is 11.3 Å². The van der Waals surface area contributed by atoms with Gasteiger partial charge in [-0.05, 0) is 150 Å². The van der Waals surface area contributed by atoms with Crippen molar-refractivity contribution in [1.29, 1.82) is 0 Å². The van der Waals surface area contributed by atoms with Gasteiger partial charge < -0.3 is 4.90 Å². The Bertz CT molecular complexity index is 2180. The minimum Gasteiger partial charge on any atom is -0.310 e. The Kier molecular flexibility index (Phi) is 6.23. The zero-order valence-corrected chi connectivity index (χ0v) is 29.6. The third-order valence-corrected chi connectivity index (χ3v) is 15.2. The van der Waals surface area contributed by atoms with Crippen LogP contribution in [0.4, 0.5) is 17.1 Å². The second-order valence-corrected chi connectivity index (χ2v) is 18.0. The van der Waals surface area contributed by atoms with Crippen molar-refractivity contribution in [3.63, 3.8) is 0 Å². The van der Waals surface area contributed by atoms with Crippen LogP contribution in [0, 0.1) is 23.7 Å². The van der Waals surface area contributed by atoms with Crippen molar-refractivity contribution in [2.75, 3.05) is 4.90 Å². The first-order valence-corrected chi connectivity index (χ1v) is 19.9. The van der Waals surface area contributed by atoms with Gasteiger partial charge in [0.05, 0.1) is 0 Å². The molecule has 4 saturated carbocycles. The van der Waals surface area contributed by atoms with E-state index < -0.39 is 0 Å². The Labute approximate surface area is 295 Å². The molecular formula is C47H45NS. The number of benzene rings is 5. The third kappa shape index (κ3) is 4.29. The molecule has 4 bridgehead atoms. The van der Waals surface area contributed by atoms with Crippen molar-refractivity contribution in [3.8, 4) is 11.1 Å². The first kappa shape index (κ1) is 28.9. The Morgan fingerprint density at radius 3 is 1.76 bits per heavy atom. The van der Waals surface area contributed by atoms with Crippen molar-refractivity contribution in [3.05, 3.63) is 125 Å². The fourth-order valence-corrected chi connectivity index (χ4v) is 13.1. The number of fused-ring (bicyclic) bond motifs is 11. The van der Waals surface area contributed by atoms with Crippen LogP contribution in [0.2, 0.25) is 0 Å². The van der Waals surface area contributed by atoms with Crippen LogP contribution in [-0.2, 0) is 5.41 Å². The number of hydrogen-bond donors (Lipinski definition) is 0. The fourth-order valence-electron chi connectivity index (χ4n) is 11.7. The molecule has 1 aromatic heterocycles. The minimum atomic E-state index is -0.0932. The predicted octanol–water partition coefficient (Wildman–Crippen LogP) is 13.6. The van der Waals surface area contributed by atoms with Crippen molar-refractivity contribution in [2.24, 2.45) is 23.7 Å². The van der Waals surface area contributed by atoms with E-state index in [1.807, 2.05) is 11.3 Å². The Morgan fingerprint density at radius 2 is 1.16 bits per heavy atom. The summed E-state index contributed by atoms with van der Waals surface area (Å²) in [6.07, 6.45) is 11.5. The van der Waals surface area contributed by atoms with Gasteiger partial charge in [-0.1, -0.05) is 87.4 Å². The summed E-state index contributed by atoms with van der Waals surface area (Å²) in [6.45, 7) is 4.90. The molecule has 2 heteroatoms. The zero-order valence-electron chi connectivity index (χ0n) is 28.8. The maximum atomic E-state index is 2.53. The summed E-state index contributed by atoms with van der Waals surface area (Å²) < 4.78 is 2.83. The summed E-state index contributed by atoms with van der Waals surface area (Å²) in [5.74, 6) is 5.25. The predicted molar refractivity (Wildman–Crippen MR) is 208 cm³/mol. The third-order valence-electron chi connectivity index (χ3n) is 14.0. The largest absolute Gasteiger partial charge is 0.310 e. The van der Waals surface area contributed by atoms with E-state index in [0.717, 1.165) is 35.5 Å². The van der Waals surface area contributed by atoms with Gasteiger partial charge in [0.2, 0.25) is 0 Å². The molecule has 0 saturated heterocycles. The highest BCUT2D eigenvalue weighted by molar-refractivity contribution is 7.26. The van der Waals surface area contributed by atoms with E-state index in [-0.39, 0.29) is 5.41 Å². The van der Waals surface area contributed by atoms with E-state index in [0.29, 0.717) is 0 Å². The summed E-state index contributed by atoms with van der Waals surface area (Å²) in [6, 6.07) is 40.5. The quantitative estimate of drug-likeness (QED) is 0.179. The molecule has 11 rings (SSSR count). The van der Waals surface area contributed by atoms with Crippen LogP contribution in [0.15, 0.2) is 103 Å². The lowest BCUT2D eigenvalue weighted by molar-refractivity contribution is 0.420. The van der Waals surface area contributed by atoms with Crippen LogP contribution < -0.4 is 4.90 Å². The van der Waals surface area contributed by atoms with E-state index in [1.165, 1.54) is 111 Å². The topological polar surface area (TPSA) is 3.24 Å². The summed E-state index contributed by atoms with van der Waals surface area (Å²) in [5.41, 5.74) is 12.5. The van der Waals surface area contributed by atoms with Crippen molar-refractivity contribution in [1.82, 2.24) is 0 Å². The summed E-state index contributed by atoms with van der Waals surface area (Å²) in [7, 11) is 0. The van der Waals surface area contributed by atoms with Gasteiger partial charge >= 0.3 is 0 Å². The fraction of sp³-hybridized carbons (Fsp3) is 0.362. The Balaban J connectivity index is 1.01. The van der Waals surface area contributed by atoms with Gasteiger partial charge in [0.25, 0.3) is 0 Å². The second kappa shape index (κ2) is 10.6. The normalized spacial score (nSPS) is 27.3. The van der Waals surface area contributed by atoms with E-state index in [9.17, 15) is 0 Å². The first-order chi connectivity index (χ1) is 24.0. The highest BCUT2D eigenvalue weighted by atomic mass is 32.1. The molecule has 5 aliphatic carbocycles. The molecule has 0 radical (unpaired) electrons. The lowest BCUT2D eigenvalue weighted by atomic mass is 9.81. The molecule has 1 heterocycles. The molecule has 0 N–H and O–H groups in total. The molecule has 0 amide bonds. The number of thiophene rings is 1. The number of anilines is 3. The van der Waals surface area contributed by atoms with E-state index in [2.05, 4.69) is 122 Å². The van der Waals surface area contributed by atoms with Gasteiger partial charge in [0.1, 0.15) is 0 Å². The molecule has 0 aliphatic heterocycles.